The van der Waals surface area contributed by atoms with Gasteiger partial charge in [0.2, 0.25) is 53.2 Å². The molecule has 38 nitrogen and oxygen atoms in total. The topological polar surface area (TPSA) is 556 Å². The van der Waals surface area contributed by atoms with Crippen LogP contribution in [0.2, 0.25) is 0 Å². The lowest BCUT2D eigenvalue weighted by atomic mass is 9.97. The molecule has 4 aliphatic rings. The van der Waals surface area contributed by atoms with Crippen molar-refractivity contribution in [2.75, 3.05) is 106 Å². The quantitative estimate of drug-likeness (QED) is 0.0252. The minimum atomic E-state index is -1.54. The van der Waals surface area contributed by atoms with Gasteiger partial charge in [0.15, 0.2) is 18.9 Å². The highest BCUT2D eigenvalue weighted by atomic mass is 16.7. The van der Waals surface area contributed by atoms with Crippen LogP contribution in [-0.2, 0) is 90.5 Å². The van der Waals surface area contributed by atoms with E-state index in [4.69, 9.17) is 47.4 Å². The summed E-state index contributed by atoms with van der Waals surface area (Å²) in [6.45, 7) is 4.36. The second-order valence-electron chi connectivity index (χ2n) is 26.7. The zero-order valence-electron chi connectivity index (χ0n) is 61.0. The normalized spacial score (nSPS) is 28.0. The maximum Gasteiger partial charge on any atom is 0.242 e. The fourth-order valence-corrected chi connectivity index (χ4v) is 12.4. The molecular weight excluding hydrogens is 1390 g/mol. The lowest BCUT2D eigenvalue weighted by molar-refractivity contribution is -0.272. The largest absolute Gasteiger partial charge is 0.396 e. The van der Waals surface area contributed by atoms with E-state index in [1.807, 2.05) is 13.8 Å². The maximum absolute atomic E-state index is 13.8. The van der Waals surface area contributed by atoms with Gasteiger partial charge in [0.25, 0.3) is 0 Å². The monoisotopic (exact) mass is 1510 g/mol. The number of amides is 9. The molecule has 3 heterocycles. The van der Waals surface area contributed by atoms with Gasteiger partial charge < -0.3 is 146 Å². The molecule has 4 fully saturated rings. The molecule has 0 bridgehead atoms. The van der Waals surface area contributed by atoms with Crippen LogP contribution in [0.5, 0.6) is 0 Å². The maximum atomic E-state index is 13.8. The third kappa shape index (κ3) is 34.3. The van der Waals surface area contributed by atoms with Crippen molar-refractivity contribution in [2.24, 2.45) is 5.92 Å². The van der Waals surface area contributed by atoms with E-state index in [2.05, 4.69) is 47.9 Å². The second kappa shape index (κ2) is 50.9. The van der Waals surface area contributed by atoms with Gasteiger partial charge in [-0.2, -0.15) is 0 Å². The summed E-state index contributed by atoms with van der Waals surface area (Å²) in [5.74, 6) is -4.81. The minimum absolute atomic E-state index is 0.00727. The summed E-state index contributed by atoms with van der Waals surface area (Å²) >= 11 is 0. The fraction of sp³-hybridized carbons (Fsp3) is 0.866. The van der Waals surface area contributed by atoms with Crippen LogP contribution in [0.4, 0.5) is 0 Å². The molecule has 1 aliphatic carbocycles. The standard InChI is InChI=1S/C67H119N9O29/c1-38(2)102-46-33-43(32-42(46)34-77)74-51(85)14-12-10-8-6-7-9-11-13-15-52(86)75-45(64(95)70-22-25-98-28-31-101-67-56(73-41(5)83)62(93)59(90)49(37-80)105-67)17-19-53(87)76-44(63(94)69-21-24-97-27-30-100-66-55(72-40(4)82)61(92)58(89)48(36-79)104-66)16-18-50(84)68-20-23-96-26-29-99-65-54(71-39(3)81)60(91)57(88)47(35-78)103-65/h38,42-49,54-62,65-67,77-80,88-93H,6-37H2,1-5H3,(H,68,84)(H,69,94)(H,70,95)(H,71,81)(H,72,82)(H,73,83)(H,74,85)(H,75,86)(H,76,87)/t42-,43-,44?,45?,46+,47?,48?,49?,54?,55?,56?,57?,58?,59?,60?,61?,62?,65?,66?,67?/m1/s1. The van der Waals surface area contributed by atoms with Crippen molar-refractivity contribution in [3.05, 3.63) is 0 Å². The van der Waals surface area contributed by atoms with Crippen LogP contribution in [0, 0.1) is 5.92 Å². The van der Waals surface area contributed by atoms with Gasteiger partial charge >= 0.3 is 0 Å². The minimum Gasteiger partial charge on any atom is -0.396 e. The number of nitrogens with one attached hydrogen (secondary N) is 9. The molecule has 4 rings (SSSR count). The molecule has 1 saturated carbocycles. The molecule has 606 valence electrons. The van der Waals surface area contributed by atoms with E-state index < -0.39 is 178 Å². The van der Waals surface area contributed by atoms with Gasteiger partial charge in [-0.15, -0.1) is 0 Å². The molecule has 20 atom stereocenters. The number of ether oxygens (including phenoxy) is 10. The van der Waals surface area contributed by atoms with Crippen molar-refractivity contribution >= 4 is 53.2 Å². The molecule has 19 N–H and O–H groups in total. The van der Waals surface area contributed by atoms with Crippen LogP contribution in [0.3, 0.4) is 0 Å². The first-order valence-electron chi connectivity index (χ1n) is 36.4. The third-order valence-electron chi connectivity index (χ3n) is 17.8. The summed E-state index contributed by atoms with van der Waals surface area (Å²) in [7, 11) is 0. The lowest BCUT2D eigenvalue weighted by Crippen LogP contribution is -2.64. The predicted molar refractivity (Wildman–Crippen MR) is 366 cm³/mol. The molecule has 0 aromatic heterocycles. The van der Waals surface area contributed by atoms with Crippen molar-refractivity contribution in [1.82, 2.24) is 47.9 Å². The van der Waals surface area contributed by atoms with Gasteiger partial charge in [0.05, 0.1) is 91.5 Å². The molecule has 17 unspecified atom stereocenters. The first-order chi connectivity index (χ1) is 50.2. The fourth-order valence-electron chi connectivity index (χ4n) is 12.4. The molecule has 0 spiro atoms. The lowest BCUT2D eigenvalue weighted by Gasteiger charge is -2.42. The number of aliphatic hydroxyl groups is 10. The number of rotatable bonds is 52. The van der Waals surface area contributed by atoms with Gasteiger partial charge in [-0.25, -0.2) is 0 Å². The van der Waals surface area contributed by atoms with Crippen molar-refractivity contribution in [3.8, 4) is 0 Å². The first kappa shape index (κ1) is 91.8. The highest BCUT2D eigenvalue weighted by molar-refractivity contribution is 5.90. The Morgan fingerprint density at radius 2 is 0.752 bits per heavy atom. The summed E-state index contributed by atoms with van der Waals surface area (Å²) < 4.78 is 56.4. The van der Waals surface area contributed by atoms with Crippen LogP contribution < -0.4 is 47.9 Å². The summed E-state index contributed by atoms with van der Waals surface area (Å²) in [6.07, 6.45) is -9.65. The smallest absolute Gasteiger partial charge is 0.242 e. The zero-order valence-corrected chi connectivity index (χ0v) is 61.0. The van der Waals surface area contributed by atoms with Gasteiger partial charge in [0, 0.05) is 84.7 Å². The molecular formula is C67H119N9O29. The number of hydrogen-bond acceptors (Lipinski definition) is 29. The molecule has 38 heteroatoms. The van der Waals surface area contributed by atoms with E-state index in [9.17, 15) is 94.2 Å². The van der Waals surface area contributed by atoms with E-state index in [0.717, 1.165) is 38.5 Å². The van der Waals surface area contributed by atoms with E-state index in [1.54, 1.807) is 0 Å². The molecule has 0 radical (unpaired) electrons. The summed E-state index contributed by atoms with van der Waals surface area (Å²) in [4.78, 5) is 116. The highest BCUT2D eigenvalue weighted by Gasteiger charge is 2.48. The Morgan fingerprint density at radius 3 is 1.11 bits per heavy atom. The number of carbonyl (C=O) groups excluding carboxylic acids is 9. The molecule has 9 amide bonds. The van der Waals surface area contributed by atoms with Crippen LogP contribution in [-0.4, -0.2) is 332 Å². The molecule has 105 heavy (non-hydrogen) atoms. The molecule has 0 aromatic carbocycles. The number of unbranched alkanes of at least 4 members (excludes halogenated alkanes) is 7. The number of hydrogen-bond donors (Lipinski definition) is 19. The van der Waals surface area contributed by atoms with E-state index >= 15 is 0 Å². The second-order valence-corrected chi connectivity index (χ2v) is 26.7. The van der Waals surface area contributed by atoms with E-state index in [1.165, 1.54) is 20.8 Å². The van der Waals surface area contributed by atoms with Gasteiger partial charge in [0.1, 0.15) is 85.1 Å². The predicted octanol–water partition coefficient (Wildman–Crippen LogP) is -6.62. The van der Waals surface area contributed by atoms with Gasteiger partial charge in [-0.1, -0.05) is 38.5 Å². The Labute approximate surface area is 611 Å². The summed E-state index contributed by atoms with van der Waals surface area (Å²) in [5.41, 5.74) is 0. The molecule has 3 aliphatic heterocycles. The average molecular weight is 1510 g/mol. The number of aliphatic hydroxyl groups excluding tert-OH is 10. The average Bonchev–Trinajstić information content (AvgIpc) is 1.55. The van der Waals surface area contributed by atoms with Crippen molar-refractivity contribution in [3.63, 3.8) is 0 Å². The Morgan fingerprint density at radius 1 is 0.400 bits per heavy atom. The summed E-state index contributed by atoms with van der Waals surface area (Å²) in [6, 6.07) is -6.18. The van der Waals surface area contributed by atoms with Crippen LogP contribution in [0.25, 0.3) is 0 Å². The van der Waals surface area contributed by atoms with Crippen LogP contribution in [0.1, 0.15) is 137 Å². The molecule has 3 saturated heterocycles. The Kier molecular flexibility index (Phi) is 44.5. The Hall–Kier alpha value is -5.57. The Bertz CT molecular complexity index is 2570. The third-order valence-corrected chi connectivity index (χ3v) is 17.8. The highest BCUT2D eigenvalue weighted by Crippen LogP contribution is 2.30. The first-order valence-corrected chi connectivity index (χ1v) is 36.4. The zero-order chi connectivity index (χ0) is 77.4. The van der Waals surface area contributed by atoms with E-state index in [0.29, 0.717) is 32.1 Å². The van der Waals surface area contributed by atoms with E-state index in [-0.39, 0.29) is 141 Å². The SMILES string of the molecule is CC(=O)NC1C(OCCOCCNC(=O)CCC(NC(=O)CCC(NC(=O)CCCCCCCCCCC(=O)N[C@@H]2C[C@H](CO)[C@@H](OC(C)C)C2)C(=O)NCCOCCOC2OC(CO)C(O)C(O)C2NC(C)=O)C(=O)NCCOCCOC2OC(CO)C(O)C(O)C2NC(C)=O)OC(CO)C(O)C1O. The van der Waals surface area contributed by atoms with Gasteiger partial charge in [-0.3, -0.25) is 43.2 Å². The van der Waals surface area contributed by atoms with Crippen LogP contribution >= 0.6 is 0 Å². The van der Waals surface area contributed by atoms with Gasteiger partial charge in [-0.05, 0) is 52.4 Å². The van der Waals surface area contributed by atoms with Crippen LogP contribution in [0.15, 0.2) is 0 Å². The molecule has 0 aromatic rings. The number of carbonyl (C=O) groups is 9. The van der Waals surface area contributed by atoms with Crippen molar-refractivity contribution in [1.29, 1.82) is 0 Å². The Balaban J connectivity index is 1.32. The van der Waals surface area contributed by atoms with Crippen molar-refractivity contribution < 1.29 is 142 Å². The van der Waals surface area contributed by atoms with Crippen molar-refractivity contribution in [2.45, 2.75) is 260 Å². The summed E-state index contributed by atoms with van der Waals surface area (Å²) in [5, 5.41) is 125.